The van der Waals surface area contributed by atoms with Gasteiger partial charge in [-0.1, -0.05) is 11.6 Å². The van der Waals surface area contributed by atoms with Crippen LogP contribution in [0.3, 0.4) is 0 Å². The Morgan fingerprint density at radius 3 is 2.81 bits per heavy atom. The molecule has 2 N–H and O–H groups in total. The van der Waals surface area contributed by atoms with Crippen LogP contribution in [0.25, 0.3) is 11.1 Å². The van der Waals surface area contributed by atoms with Gasteiger partial charge in [0.25, 0.3) is 5.91 Å². The molecule has 0 saturated carbocycles. The molecular formula is C18H16ClN5O3. The number of carbonyl (C=O) groups is 2. The Morgan fingerprint density at radius 1 is 1.26 bits per heavy atom. The maximum absolute atomic E-state index is 12.2. The largest absolute Gasteiger partial charge is 0.486 e. The van der Waals surface area contributed by atoms with Crippen LogP contribution in [0, 0.1) is 0 Å². The van der Waals surface area contributed by atoms with Crippen molar-refractivity contribution in [2.45, 2.75) is 25.4 Å². The second-order valence-corrected chi connectivity index (χ2v) is 6.73. The lowest BCUT2D eigenvalue weighted by molar-refractivity contribution is -0.121. The number of carbonyl (C=O) groups excluding carboxylic acids is 2. The zero-order chi connectivity index (χ0) is 18.8. The topological polar surface area (TPSA) is 106 Å². The number of hydrogen-bond donors (Lipinski definition) is 2. The molecule has 0 spiro atoms. The molecule has 2 aliphatic rings. The number of ether oxygens (including phenoxy) is 1. The van der Waals surface area contributed by atoms with Crippen molar-refractivity contribution >= 4 is 29.1 Å². The van der Waals surface area contributed by atoms with Crippen LogP contribution in [-0.2, 0) is 16.0 Å². The van der Waals surface area contributed by atoms with E-state index in [1.165, 1.54) is 6.33 Å². The highest BCUT2D eigenvalue weighted by Crippen LogP contribution is 2.39. The number of nitrogens with zero attached hydrogens (tertiary/aromatic N) is 3. The molecule has 2 aromatic rings. The summed E-state index contributed by atoms with van der Waals surface area (Å²) in [5.41, 5.74) is 5.39. The average Bonchev–Trinajstić information content (AvgIpc) is 3.11. The van der Waals surface area contributed by atoms with Gasteiger partial charge in [0.1, 0.15) is 23.9 Å². The predicted molar refractivity (Wildman–Crippen MR) is 98.4 cm³/mol. The van der Waals surface area contributed by atoms with Gasteiger partial charge in [-0.3, -0.25) is 9.59 Å². The summed E-state index contributed by atoms with van der Waals surface area (Å²) in [7, 11) is 0. The van der Waals surface area contributed by atoms with E-state index >= 15 is 0 Å². The van der Waals surface area contributed by atoms with E-state index in [1.54, 1.807) is 12.4 Å². The number of fused-ring (bicyclic) bond motifs is 1. The zero-order valence-corrected chi connectivity index (χ0v) is 15.0. The monoisotopic (exact) mass is 385 g/mol. The molecule has 0 bridgehead atoms. The smallest absolute Gasteiger partial charge is 0.267 e. The second kappa shape index (κ2) is 7.32. The Balaban J connectivity index is 1.41. The minimum atomic E-state index is -0.303. The van der Waals surface area contributed by atoms with Crippen LogP contribution in [0.4, 0.5) is 0 Å². The van der Waals surface area contributed by atoms with Crippen molar-refractivity contribution < 1.29 is 14.3 Å². The number of benzene rings is 1. The molecule has 0 aliphatic carbocycles. The Bertz CT molecular complexity index is 932. The average molecular weight is 386 g/mol. The predicted octanol–water partition coefficient (Wildman–Crippen LogP) is 1.48. The number of hydrazone groups is 1. The second-order valence-electron chi connectivity index (χ2n) is 6.32. The molecule has 2 aliphatic heterocycles. The van der Waals surface area contributed by atoms with Crippen molar-refractivity contribution in [3.8, 4) is 16.9 Å². The summed E-state index contributed by atoms with van der Waals surface area (Å²) in [5, 5.41) is 7.10. The van der Waals surface area contributed by atoms with Gasteiger partial charge in [0, 0.05) is 42.8 Å². The molecule has 0 fully saturated rings. The Labute approximate surface area is 160 Å². The maximum Gasteiger partial charge on any atom is 0.267 e. The van der Waals surface area contributed by atoms with E-state index in [1.807, 2.05) is 12.1 Å². The molecule has 1 aromatic carbocycles. The van der Waals surface area contributed by atoms with Crippen molar-refractivity contribution in [2.75, 3.05) is 6.54 Å². The molecule has 9 heteroatoms. The third-order valence-corrected chi connectivity index (χ3v) is 4.68. The van der Waals surface area contributed by atoms with Gasteiger partial charge in [-0.15, -0.1) is 0 Å². The Morgan fingerprint density at radius 2 is 2.07 bits per heavy atom. The minimum Gasteiger partial charge on any atom is -0.486 e. The summed E-state index contributed by atoms with van der Waals surface area (Å²) >= 11 is 6.38. The standard InChI is InChI=1S/C18H16ClN5O3/c19-14-5-10(12-6-20-9-21-7-12)3-11-4-13(27-17(11)14)8-22-18(26)15-1-2-16(25)24-23-15/h3,5-7,9,13H,1-2,4,8H2,(H,22,26)(H,24,25). The van der Waals surface area contributed by atoms with Crippen LogP contribution in [0.5, 0.6) is 5.75 Å². The third-order valence-electron chi connectivity index (χ3n) is 4.40. The van der Waals surface area contributed by atoms with Gasteiger partial charge in [-0.05, 0) is 17.7 Å². The van der Waals surface area contributed by atoms with Gasteiger partial charge >= 0.3 is 0 Å². The van der Waals surface area contributed by atoms with E-state index < -0.39 is 0 Å². The van der Waals surface area contributed by atoms with Gasteiger partial charge in [0.2, 0.25) is 5.91 Å². The fourth-order valence-electron chi connectivity index (χ4n) is 3.06. The number of aromatic nitrogens is 2. The van der Waals surface area contributed by atoms with E-state index in [0.29, 0.717) is 35.9 Å². The first kappa shape index (κ1) is 17.4. The van der Waals surface area contributed by atoms with Gasteiger partial charge in [0.05, 0.1) is 11.6 Å². The summed E-state index contributed by atoms with van der Waals surface area (Å²) in [4.78, 5) is 31.3. The Kier molecular flexibility index (Phi) is 4.72. The van der Waals surface area contributed by atoms with E-state index in [4.69, 9.17) is 16.3 Å². The van der Waals surface area contributed by atoms with Gasteiger partial charge in [-0.2, -0.15) is 5.10 Å². The molecule has 4 rings (SSSR count). The molecule has 1 atom stereocenters. The first-order valence-electron chi connectivity index (χ1n) is 8.48. The quantitative estimate of drug-likeness (QED) is 0.829. The molecule has 2 amide bonds. The van der Waals surface area contributed by atoms with Crippen molar-refractivity contribution in [1.82, 2.24) is 20.7 Å². The molecule has 0 radical (unpaired) electrons. The molecule has 3 heterocycles. The first-order chi connectivity index (χ1) is 13.1. The molecule has 138 valence electrons. The molecule has 0 saturated heterocycles. The summed E-state index contributed by atoms with van der Waals surface area (Å²) in [5.74, 6) is 0.150. The molecule has 8 nitrogen and oxygen atoms in total. The third kappa shape index (κ3) is 3.75. The van der Waals surface area contributed by atoms with Gasteiger partial charge in [0.15, 0.2) is 0 Å². The van der Waals surface area contributed by atoms with Gasteiger partial charge < -0.3 is 10.1 Å². The highest BCUT2D eigenvalue weighted by molar-refractivity contribution is 6.39. The highest BCUT2D eigenvalue weighted by atomic mass is 35.5. The summed E-state index contributed by atoms with van der Waals surface area (Å²) in [6.45, 7) is 0.320. The fourth-order valence-corrected chi connectivity index (χ4v) is 3.35. The number of hydrogen-bond acceptors (Lipinski definition) is 6. The molecule has 1 unspecified atom stereocenters. The van der Waals surface area contributed by atoms with Crippen LogP contribution in [0.1, 0.15) is 18.4 Å². The van der Waals surface area contributed by atoms with Crippen molar-refractivity contribution in [1.29, 1.82) is 0 Å². The molecule has 27 heavy (non-hydrogen) atoms. The van der Waals surface area contributed by atoms with Gasteiger partial charge in [-0.25, -0.2) is 15.4 Å². The molecular weight excluding hydrogens is 370 g/mol. The summed E-state index contributed by atoms with van der Waals surface area (Å²) < 4.78 is 5.90. The lowest BCUT2D eigenvalue weighted by atomic mass is 10.0. The van der Waals surface area contributed by atoms with Crippen LogP contribution in [0.15, 0.2) is 36.0 Å². The number of amides is 2. The minimum absolute atomic E-state index is 0.185. The summed E-state index contributed by atoms with van der Waals surface area (Å²) in [6.07, 6.45) is 5.92. The normalized spacial score (nSPS) is 18.2. The lowest BCUT2D eigenvalue weighted by Gasteiger charge is -2.15. The SMILES string of the molecule is O=C1CCC(C(=O)NCC2Cc3cc(-c4cncnc4)cc(Cl)c3O2)=NN1. The van der Waals surface area contributed by atoms with Crippen LogP contribution in [0.2, 0.25) is 5.02 Å². The van der Waals surface area contributed by atoms with Crippen LogP contribution >= 0.6 is 11.6 Å². The van der Waals surface area contributed by atoms with Crippen molar-refractivity contribution in [2.24, 2.45) is 5.10 Å². The van der Waals surface area contributed by atoms with E-state index in [2.05, 4.69) is 25.8 Å². The fraction of sp³-hybridized carbons (Fsp3) is 0.278. The highest BCUT2D eigenvalue weighted by Gasteiger charge is 2.27. The maximum atomic E-state index is 12.2. The zero-order valence-electron chi connectivity index (χ0n) is 14.2. The number of rotatable bonds is 4. The van der Waals surface area contributed by atoms with Crippen molar-refractivity contribution in [3.05, 3.63) is 41.4 Å². The van der Waals surface area contributed by atoms with Crippen LogP contribution < -0.4 is 15.5 Å². The van der Waals surface area contributed by atoms with E-state index in [9.17, 15) is 9.59 Å². The van der Waals surface area contributed by atoms with E-state index in [-0.39, 0.29) is 24.3 Å². The lowest BCUT2D eigenvalue weighted by Crippen LogP contribution is -2.41. The molecule has 1 aromatic heterocycles. The summed E-state index contributed by atoms with van der Waals surface area (Å²) in [6, 6.07) is 3.82. The van der Waals surface area contributed by atoms with E-state index in [0.717, 1.165) is 16.7 Å². The van der Waals surface area contributed by atoms with Crippen LogP contribution in [-0.4, -0.2) is 40.1 Å². The number of nitrogens with one attached hydrogen (secondary N) is 2. The number of halogens is 1. The first-order valence-corrected chi connectivity index (χ1v) is 8.86. The van der Waals surface area contributed by atoms with Crippen molar-refractivity contribution in [3.63, 3.8) is 0 Å². The Hall–Kier alpha value is -3.00.